The Morgan fingerprint density at radius 2 is 2.19 bits per heavy atom. The number of imidazole rings is 1. The molecular weight excluding hydrogens is 264 g/mol. The van der Waals surface area contributed by atoms with Gasteiger partial charge in [-0.15, -0.1) is 0 Å². The number of nitrogens with zero attached hydrogens (tertiary/aromatic N) is 3. The monoisotopic (exact) mass is 290 g/mol. The zero-order valence-electron chi connectivity index (χ0n) is 13.2. The maximum absolute atomic E-state index is 9.08. The van der Waals surface area contributed by atoms with Gasteiger partial charge in [-0.2, -0.15) is 0 Å². The zero-order chi connectivity index (χ0) is 15.2. The molecule has 0 aromatic carbocycles. The van der Waals surface area contributed by atoms with Gasteiger partial charge in [-0.25, -0.2) is 4.98 Å². The average molecular weight is 290 g/mol. The first-order chi connectivity index (χ1) is 10.2. The highest BCUT2D eigenvalue weighted by atomic mass is 16.3. The number of anilines is 1. The molecule has 0 aliphatic rings. The molecule has 2 N–H and O–H groups in total. The first-order valence-electron chi connectivity index (χ1n) is 7.72. The summed E-state index contributed by atoms with van der Waals surface area (Å²) in [4.78, 5) is 7.02. The minimum Gasteiger partial charge on any atom is -0.396 e. The summed E-state index contributed by atoms with van der Waals surface area (Å²) < 4.78 is 2.15. The van der Waals surface area contributed by atoms with Gasteiger partial charge >= 0.3 is 0 Å². The second kappa shape index (κ2) is 7.43. The molecule has 2 heterocycles. The minimum absolute atomic E-state index is 0.212. The third kappa shape index (κ3) is 3.74. The van der Waals surface area contributed by atoms with Crippen molar-refractivity contribution in [3.63, 3.8) is 0 Å². The number of aromatic nitrogens is 2. The Morgan fingerprint density at radius 1 is 1.38 bits per heavy atom. The van der Waals surface area contributed by atoms with Crippen LogP contribution in [0.3, 0.4) is 0 Å². The van der Waals surface area contributed by atoms with Gasteiger partial charge in [-0.1, -0.05) is 19.9 Å². The van der Waals surface area contributed by atoms with E-state index < -0.39 is 0 Å². The lowest BCUT2D eigenvalue weighted by Crippen LogP contribution is -2.28. The number of fused-ring (bicyclic) bond motifs is 1. The fourth-order valence-electron chi connectivity index (χ4n) is 2.43. The highest BCUT2D eigenvalue weighted by molar-refractivity contribution is 5.56. The summed E-state index contributed by atoms with van der Waals surface area (Å²) in [7, 11) is 0. The lowest BCUT2D eigenvalue weighted by Gasteiger charge is -2.22. The minimum atomic E-state index is 0.212. The Bertz CT molecular complexity index is 564. The third-order valence-electron chi connectivity index (χ3n) is 3.55. The molecule has 0 saturated carbocycles. The van der Waals surface area contributed by atoms with Gasteiger partial charge in [0.25, 0.3) is 0 Å². The van der Waals surface area contributed by atoms with Crippen LogP contribution in [0.15, 0.2) is 24.4 Å². The summed E-state index contributed by atoms with van der Waals surface area (Å²) >= 11 is 0. The number of hydrogen-bond donors (Lipinski definition) is 2. The Kier molecular flexibility index (Phi) is 5.59. The van der Waals surface area contributed by atoms with Crippen LogP contribution in [0.2, 0.25) is 0 Å². The fraction of sp³-hybridized carbons (Fsp3) is 0.562. The van der Waals surface area contributed by atoms with Gasteiger partial charge in [0.1, 0.15) is 5.65 Å². The van der Waals surface area contributed by atoms with Crippen LogP contribution in [0.5, 0.6) is 0 Å². The van der Waals surface area contributed by atoms with E-state index in [4.69, 9.17) is 10.1 Å². The first kappa shape index (κ1) is 15.8. The average Bonchev–Trinajstić information content (AvgIpc) is 2.84. The van der Waals surface area contributed by atoms with Gasteiger partial charge in [-0.3, -0.25) is 0 Å². The van der Waals surface area contributed by atoms with Crippen molar-refractivity contribution in [3.8, 4) is 0 Å². The van der Waals surface area contributed by atoms with E-state index in [9.17, 15) is 0 Å². The van der Waals surface area contributed by atoms with Crippen LogP contribution in [0.1, 0.15) is 32.9 Å². The molecule has 0 aliphatic heterocycles. The summed E-state index contributed by atoms with van der Waals surface area (Å²) in [5, 5.41) is 12.6. The van der Waals surface area contributed by atoms with Gasteiger partial charge in [0.2, 0.25) is 0 Å². The third-order valence-corrected chi connectivity index (χ3v) is 3.55. The second-order valence-corrected chi connectivity index (χ2v) is 5.50. The van der Waals surface area contributed by atoms with E-state index in [1.54, 1.807) is 0 Å². The molecule has 21 heavy (non-hydrogen) atoms. The molecule has 2 aromatic heterocycles. The molecule has 0 bridgehead atoms. The Balaban J connectivity index is 2.37. The van der Waals surface area contributed by atoms with Crippen molar-refractivity contribution >= 4 is 11.5 Å². The Hall–Kier alpha value is -1.59. The van der Waals surface area contributed by atoms with Crippen LogP contribution >= 0.6 is 0 Å². The molecule has 0 fully saturated rings. The van der Waals surface area contributed by atoms with Crippen molar-refractivity contribution in [2.75, 3.05) is 24.6 Å². The summed E-state index contributed by atoms with van der Waals surface area (Å²) in [5.41, 5.74) is 2.15. The van der Waals surface area contributed by atoms with E-state index in [1.807, 2.05) is 18.2 Å². The molecule has 0 radical (unpaired) electrons. The van der Waals surface area contributed by atoms with Crippen LogP contribution < -0.4 is 10.2 Å². The van der Waals surface area contributed by atoms with E-state index in [-0.39, 0.29) is 6.61 Å². The highest BCUT2D eigenvalue weighted by Crippen LogP contribution is 2.22. The summed E-state index contributed by atoms with van der Waals surface area (Å²) in [5.74, 6) is 1.02. The predicted molar refractivity (Wildman–Crippen MR) is 86.8 cm³/mol. The van der Waals surface area contributed by atoms with Crippen molar-refractivity contribution in [1.29, 1.82) is 0 Å². The van der Waals surface area contributed by atoms with Crippen molar-refractivity contribution in [3.05, 3.63) is 30.1 Å². The van der Waals surface area contributed by atoms with Gasteiger partial charge in [0, 0.05) is 38.5 Å². The van der Waals surface area contributed by atoms with Gasteiger partial charge in [-0.05, 0) is 25.5 Å². The molecule has 5 heteroatoms. The van der Waals surface area contributed by atoms with Crippen LogP contribution in [-0.4, -0.2) is 40.2 Å². The van der Waals surface area contributed by atoms with Gasteiger partial charge < -0.3 is 19.7 Å². The Labute approximate surface area is 126 Å². The molecule has 116 valence electrons. The van der Waals surface area contributed by atoms with Crippen molar-refractivity contribution in [2.24, 2.45) is 0 Å². The quantitative estimate of drug-likeness (QED) is 0.781. The largest absolute Gasteiger partial charge is 0.396 e. The fourth-order valence-corrected chi connectivity index (χ4v) is 2.43. The number of rotatable bonds is 8. The van der Waals surface area contributed by atoms with E-state index in [0.717, 1.165) is 37.5 Å². The van der Waals surface area contributed by atoms with Crippen LogP contribution in [0.4, 0.5) is 5.82 Å². The predicted octanol–water partition coefficient (Wildman–Crippen LogP) is 2.04. The molecular formula is C16H26N4O. The molecule has 2 rings (SSSR count). The second-order valence-electron chi connectivity index (χ2n) is 5.50. The molecule has 0 atom stereocenters. The molecule has 0 saturated heterocycles. The maximum atomic E-state index is 9.08. The zero-order valence-corrected chi connectivity index (χ0v) is 13.2. The topological polar surface area (TPSA) is 52.8 Å². The van der Waals surface area contributed by atoms with Gasteiger partial charge in [0.15, 0.2) is 5.82 Å². The summed E-state index contributed by atoms with van der Waals surface area (Å²) in [6.45, 7) is 9.13. The number of hydrogen-bond acceptors (Lipinski definition) is 4. The standard InChI is InChI=1S/C16H26N4O/c1-4-19(9-7-11-21)16-14(12-17-13(2)3)20-10-6-5-8-15(20)18-16/h5-6,8,10,13,17,21H,4,7,9,11-12H2,1-3H3. The lowest BCUT2D eigenvalue weighted by atomic mass is 10.3. The smallest absolute Gasteiger partial charge is 0.152 e. The number of aliphatic hydroxyl groups is 1. The van der Waals surface area contributed by atoms with Gasteiger partial charge in [0.05, 0.1) is 5.69 Å². The lowest BCUT2D eigenvalue weighted by molar-refractivity contribution is 0.289. The van der Waals surface area contributed by atoms with Crippen molar-refractivity contribution in [1.82, 2.24) is 14.7 Å². The highest BCUT2D eigenvalue weighted by Gasteiger charge is 2.16. The molecule has 2 aromatic rings. The number of aliphatic hydroxyl groups excluding tert-OH is 1. The molecule has 5 nitrogen and oxygen atoms in total. The van der Waals surface area contributed by atoms with E-state index in [0.29, 0.717) is 6.04 Å². The maximum Gasteiger partial charge on any atom is 0.152 e. The van der Waals surface area contributed by atoms with Crippen molar-refractivity contribution < 1.29 is 5.11 Å². The first-order valence-corrected chi connectivity index (χ1v) is 7.72. The molecule has 0 unspecified atom stereocenters. The van der Waals surface area contributed by atoms with E-state index in [2.05, 4.69) is 41.6 Å². The number of nitrogens with one attached hydrogen (secondary N) is 1. The van der Waals surface area contributed by atoms with E-state index in [1.165, 1.54) is 5.69 Å². The SMILES string of the molecule is CCN(CCCO)c1nc2ccccn2c1CNC(C)C. The Morgan fingerprint density at radius 3 is 2.86 bits per heavy atom. The molecule has 0 amide bonds. The van der Waals surface area contributed by atoms with Crippen LogP contribution in [-0.2, 0) is 6.54 Å². The number of pyridine rings is 1. The molecule has 0 aliphatic carbocycles. The van der Waals surface area contributed by atoms with Crippen LogP contribution in [0, 0.1) is 0 Å². The van der Waals surface area contributed by atoms with Crippen molar-refractivity contribution in [2.45, 2.75) is 39.8 Å². The van der Waals surface area contributed by atoms with E-state index >= 15 is 0 Å². The normalized spacial score (nSPS) is 11.5. The summed E-state index contributed by atoms with van der Waals surface area (Å²) in [6, 6.07) is 6.50. The molecule has 0 spiro atoms. The van der Waals surface area contributed by atoms with Crippen LogP contribution in [0.25, 0.3) is 5.65 Å². The summed E-state index contributed by atoms with van der Waals surface area (Å²) in [6.07, 6.45) is 2.82.